The van der Waals surface area contributed by atoms with Crippen LogP contribution in [0.3, 0.4) is 0 Å². The second-order valence-corrected chi connectivity index (χ2v) is 9.40. The highest BCUT2D eigenvalue weighted by atomic mass is 79.9. The summed E-state index contributed by atoms with van der Waals surface area (Å²) in [6.45, 7) is 4.39. The van der Waals surface area contributed by atoms with E-state index in [4.69, 9.17) is 4.74 Å². The van der Waals surface area contributed by atoms with Gasteiger partial charge in [-0.3, -0.25) is 4.79 Å². The minimum absolute atomic E-state index is 0.112. The fourth-order valence-corrected chi connectivity index (χ4v) is 4.24. The first kappa shape index (κ1) is 22.5. The minimum atomic E-state index is -3.81. The van der Waals surface area contributed by atoms with Crippen molar-refractivity contribution in [1.82, 2.24) is 10.0 Å². The molecule has 0 aliphatic heterocycles. The van der Waals surface area contributed by atoms with Gasteiger partial charge in [-0.05, 0) is 41.3 Å². The Kier molecular flexibility index (Phi) is 8.18. The molecule has 2 rings (SSSR count). The molecule has 8 heteroatoms. The molecule has 152 valence electrons. The summed E-state index contributed by atoms with van der Waals surface area (Å²) < 4.78 is 33.7. The van der Waals surface area contributed by atoms with Crippen molar-refractivity contribution < 1.29 is 17.9 Å². The van der Waals surface area contributed by atoms with Crippen LogP contribution in [-0.2, 0) is 32.7 Å². The number of nitrogens with one attached hydrogen (secondary N) is 2. The summed E-state index contributed by atoms with van der Waals surface area (Å²) in [6, 6.07) is 13.1. The number of carbonyl (C=O) groups is 1. The largest absolute Gasteiger partial charge is 0.380 e. The van der Waals surface area contributed by atoms with E-state index in [9.17, 15) is 13.2 Å². The maximum Gasteiger partial charge on any atom is 0.241 e. The van der Waals surface area contributed by atoms with Gasteiger partial charge in [0.1, 0.15) is 6.04 Å². The Balaban J connectivity index is 2.07. The molecule has 0 unspecified atom stereocenters. The lowest BCUT2D eigenvalue weighted by molar-refractivity contribution is -0.123. The number of carbonyl (C=O) groups excluding carboxylic acids is 1. The van der Waals surface area contributed by atoms with Crippen molar-refractivity contribution >= 4 is 31.9 Å². The first-order valence-corrected chi connectivity index (χ1v) is 11.1. The number of benzene rings is 2. The minimum Gasteiger partial charge on any atom is -0.380 e. The van der Waals surface area contributed by atoms with Gasteiger partial charge in [0.15, 0.2) is 0 Å². The third kappa shape index (κ3) is 6.41. The molecule has 0 fully saturated rings. The molecule has 0 saturated carbocycles. The highest BCUT2D eigenvalue weighted by Crippen LogP contribution is 2.16. The average Bonchev–Trinajstić information content (AvgIpc) is 2.65. The molecule has 1 atom stereocenters. The maximum absolute atomic E-state index is 12.7. The molecule has 0 aliphatic carbocycles. The molecule has 2 aromatic carbocycles. The number of hydrogen-bond donors (Lipinski definition) is 2. The number of amides is 1. The van der Waals surface area contributed by atoms with Crippen LogP contribution in [0.1, 0.15) is 25.0 Å². The van der Waals surface area contributed by atoms with Crippen LogP contribution < -0.4 is 10.0 Å². The Morgan fingerprint density at radius 3 is 2.36 bits per heavy atom. The number of sulfonamides is 1. The first-order chi connectivity index (χ1) is 13.2. The Labute approximate surface area is 174 Å². The number of ether oxygens (including phenoxy) is 1. The molecule has 2 aromatic rings. The van der Waals surface area contributed by atoms with Crippen LogP contribution in [0.25, 0.3) is 0 Å². The van der Waals surface area contributed by atoms with Crippen molar-refractivity contribution in [2.75, 3.05) is 7.11 Å². The Morgan fingerprint density at radius 2 is 1.75 bits per heavy atom. The van der Waals surface area contributed by atoms with Crippen molar-refractivity contribution in [3.8, 4) is 0 Å². The van der Waals surface area contributed by atoms with Gasteiger partial charge >= 0.3 is 0 Å². The zero-order chi connectivity index (χ0) is 20.7. The van der Waals surface area contributed by atoms with Crippen molar-refractivity contribution in [1.29, 1.82) is 0 Å². The van der Waals surface area contributed by atoms with Crippen molar-refractivity contribution in [2.24, 2.45) is 5.92 Å². The molecule has 0 spiro atoms. The first-order valence-electron chi connectivity index (χ1n) is 8.85. The lowest BCUT2D eigenvalue weighted by Crippen LogP contribution is -2.49. The van der Waals surface area contributed by atoms with Gasteiger partial charge in [0.25, 0.3) is 0 Å². The van der Waals surface area contributed by atoms with E-state index in [2.05, 4.69) is 26.0 Å². The lowest BCUT2D eigenvalue weighted by Gasteiger charge is -2.22. The molecule has 0 bridgehead atoms. The van der Waals surface area contributed by atoms with Crippen LogP contribution in [-0.4, -0.2) is 27.5 Å². The fourth-order valence-electron chi connectivity index (χ4n) is 2.64. The van der Waals surface area contributed by atoms with E-state index in [1.54, 1.807) is 33.1 Å². The van der Waals surface area contributed by atoms with Gasteiger partial charge < -0.3 is 10.1 Å². The third-order valence-corrected chi connectivity index (χ3v) is 6.11. The summed E-state index contributed by atoms with van der Waals surface area (Å²) in [7, 11) is -2.19. The summed E-state index contributed by atoms with van der Waals surface area (Å²) in [5, 5.41) is 2.82. The maximum atomic E-state index is 12.7. The molecule has 6 nitrogen and oxygen atoms in total. The zero-order valence-corrected chi connectivity index (χ0v) is 18.5. The Hall–Kier alpha value is -1.74. The van der Waals surface area contributed by atoms with Crippen LogP contribution >= 0.6 is 15.9 Å². The van der Waals surface area contributed by atoms with Crippen LogP contribution in [0.5, 0.6) is 0 Å². The number of methoxy groups -OCH3 is 1. The predicted molar refractivity (Wildman–Crippen MR) is 112 cm³/mol. The second-order valence-electron chi connectivity index (χ2n) is 6.77. The standard InChI is InChI=1S/C20H25BrN2O4S/c1-14(2)19(23-28(25,26)18-9-7-17(21)8-10-18)20(24)22-12-15-5-4-6-16(11-15)13-27-3/h4-11,14,19,23H,12-13H2,1-3H3,(H,22,24)/t19-/m0/s1. The molecular formula is C20H25BrN2O4S. The smallest absolute Gasteiger partial charge is 0.241 e. The zero-order valence-electron chi connectivity index (χ0n) is 16.1. The number of halogens is 1. The van der Waals surface area contributed by atoms with Crippen LogP contribution in [0, 0.1) is 5.92 Å². The molecule has 0 aliphatic rings. The Morgan fingerprint density at radius 1 is 1.11 bits per heavy atom. The molecule has 1 amide bonds. The molecule has 0 saturated heterocycles. The Bertz CT molecular complexity index is 899. The van der Waals surface area contributed by atoms with E-state index in [-0.39, 0.29) is 16.7 Å². The van der Waals surface area contributed by atoms with Crippen molar-refractivity contribution in [3.63, 3.8) is 0 Å². The highest BCUT2D eigenvalue weighted by molar-refractivity contribution is 9.10. The van der Waals surface area contributed by atoms with Crippen molar-refractivity contribution in [3.05, 3.63) is 64.1 Å². The third-order valence-electron chi connectivity index (χ3n) is 4.12. The van der Waals surface area contributed by atoms with E-state index in [0.717, 1.165) is 15.6 Å². The van der Waals surface area contributed by atoms with Gasteiger partial charge in [-0.15, -0.1) is 0 Å². The van der Waals surface area contributed by atoms with Gasteiger partial charge in [-0.1, -0.05) is 54.0 Å². The molecule has 28 heavy (non-hydrogen) atoms. The summed E-state index contributed by atoms with van der Waals surface area (Å²) in [5.74, 6) is -0.585. The summed E-state index contributed by atoms with van der Waals surface area (Å²) in [4.78, 5) is 12.8. The molecule has 2 N–H and O–H groups in total. The average molecular weight is 469 g/mol. The molecule has 0 aromatic heterocycles. The summed E-state index contributed by atoms with van der Waals surface area (Å²) in [5.41, 5.74) is 1.92. The van der Waals surface area contributed by atoms with Gasteiger partial charge in [-0.25, -0.2) is 8.42 Å². The van der Waals surface area contributed by atoms with Gasteiger partial charge in [0.2, 0.25) is 15.9 Å². The van der Waals surface area contributed by atoms with E-state index >= 15 is 0 Å². The normalized spacial score (nSPS) is 12.8. The lowest BCUT2D eigenvalue weighted by atomic mass is 10.0. The SMILES string of the molecule is COCc1cccc(CNC(=O)[C@@H](NS(=O)(=O)c2ccc(Br)cc2)C(C)C)c1. The van der Waals surface area contributed by atoms with Gasteiger partial charge in [-0.2, -0.15) is 4.72 Å². The van der Waals surface area contributed by atoms with Crippen LogP contribution in [0.2, 0.25) is 0 Å². The van der Waals surface area contributed by atoms with Crippen LogP contribution in [0.15, 0.2) is 57.9 Å². The quantitative estimate of drug-likeness (QED) is 0.591. The summed E-state index contributed by atoms with van der Waals surface area (Å²) in [6.07, 6.45) is 0. The molecule has 0 radical (unpaired) electrons. The van der Waals surface area contributed by atoms with Gasteiger partial charge in [0, 0.05) is 18.1 Å². The number of rotatable bonds is 9. The molecule has 0 heterocycles. The van der Waals surface area contributed by atoms with E-state index in [1.165, 1.54) is 12.1 Å². The van der Waals surface area contributed by atoms with E-state index in [1.807, 2.05) is 24.3 Å². The molecular weight excluding hydrogens is 444 g/mol. The van der Waals surface area contributed by atoms with Crippen molar-refractivity contribution in [2.45, 2.75) is 37.9 Å². The van der Waals surface area contributed by atoms with Gasteiger partial charge in [0.05, 0.1) is 11.5 Å². The monoisotopic (exact) mass is 468 g/mol. The van der Waals surface area contributed by atoms with Crippen LogP contribution in [0.4, 0.5) is 0 Å². The number of hydrogen-bond acceptors (Lipinski definition) is 4. The second kappa shape index (κ2) is 10.2. The van der Waals surface area contributed by atoms with E-state index in [0.29, 0.717) is 13.2 Å². The topological polar surface area (TPSA) is 84.5 Å². The fraction of sp³-hybridized carbons (Fsp3) is 0.350. The summed E-state index contributed by atoms with van der Waals surface area (Å²) >= 11 is 3.28. The highest BCUT2D eigenvalue weighted by Gasteiger charge is 2.28. The predicted octanol–water partition coefficient (Wildman–Crippen LogP) is 3.21. The van der Waals surface area contributed by atoms with E-state index < -0.39 is 16.1 Å².